The standard InChI is InChI=1S/C12H9BrFNO/c13-12-10(14)2-1-3-11(12)16-8-9-4-6-15-7-5-9/h1-7H,8H2. The zero-order chi connectivity index (χ0) is 11.4. The molecule has 0 bridgehead atoms. The van der Waals surface area contributed by atoms with Gasteiger partial charge in [0, 0.05) is 12.4 Å². The predicted octanol–water partition coefficient (Wildman–Crippen LogP) is 3.56. The Labute approximate surface area is 101 Å². The van der Waals surface area contributed by atoms with E-state index in [1.54, 1.807) is 24.5 Å². The molecule has 0 aliphatic rings. The molecule has 16 heavy (non-hydrogen) atoms. The minimum Gasteiger partial charge on any atom is -0.488 e. The van der Waals surface area contributed by atoms with Crippen LogP contribution in [-0.4, -0.2) is 4.98 Å². The van der Waals surface area contributed by atoms with Crippen LogP contribution in [0.2, 0.25) is 0 Å². The molecule has 0 N–H and O–H groups in total. The van der Waals surface area contributed by atoms with Crippen LogP contribution < -0.4 is 4.74 Å². The number of hydrogen-bond acceptors (Lipinski definition) is 2. The van der Waals surface area contributed by atoms with E-state index in [0.717, 1.165) is 5.56 Å². The minimum atomic E-state index is -0.327. The summed E-state index contributed by atoms with van der Waals surface area (Å²) in [7, 11) is 0. The van der Waals surface area contributed by atoms with Crippen LogP contribution in [0.25, 0.3) is 0 Å². The highest BCUT2D eigenvalue weighted by Gasteiger charge is 2.05. The molecule has 1 heterocycles. The van der Waals surface area contributed by atoms with Gasteiger partial charge in [0.15, 0.2) is 0 Å². The van der Waals surface area contributed by atoms with Crippen molar-refractivity contribution in [2.24, 2.45) is 0 Å². The maximum Gasteiger partial charge on any atom is 0.141 e. The van der Waals surface area contributed by atoms with Gasteiger partial charge in [-0.25, -0.2) is 4.39 Å². The number of aromatic nitrogens is 1. The van der Waals surface area contributed by atoms with E-state index in [2.05, 4.69) is 20.9 Å². The maximum absolute atomic E-state index is 13.2. The third-order valence-corrected chi connectivity index (χ3v) is 2.83. The number of pyridine rings is 1. The highest BCUT2D eigenvalue weighted by atomic mass is 79.9. The zero-order valence-corrected chi connectivity index (χ0v) is 9.95. The number of halogens is 2. The normalized spacial score (nSPS) is 10.1. The summed E-state index contributed by atoms with van der Waals surface area (Å²) in [6.07, 6.45) is 3.39. The van der Waals surface area contributed by atoms with E-state index in [9.17, 15) is 4.39 Å². The molecule has 0 amide bonds. The van der Waals surface area contributed by atoms with Crippen LogP contribution in [-0.2, 0) is 6.61 Å². The molecule has 2 aromatic rings. The molecule has 0 saturated heterocycles. The highest BCUT2D eigenvalue weighted by molar-refractivity contribution is 9.10. The predicted molar refractivity (Wildman–Crippen MR) is 62.7 cm³/mol. The van der Waals surface area contributed by atoms with Gasteiger partial charge in [-0.3, -0.25) is 4.98 Å². The largest absolute Gasteiger partial charge is 0.488 e. The van der Waals surface area contributed by atoms with Crippen molar-refractivity contribution < 1.29 is 9.13 Å². The second-order valence-corrected chi connectivity index (χ2v) is 3.99. The first-order valence-corrected chi connectivity index (χ1v) is 5.52. The lowest BCUT2D eigenvalue weighted by atomic mass is 10.3. The summed E-state index contributed by atoms with van der Waals surface area (Å²) in [6.45, 7) is 0.393. The first-order valence-electron chi connectivity index (χ1n) is 4.73. The summed E-state index contributed by atoms with van der Waals surface area (Å²) in [6, 6.07) is 8.42. The maximum atomic E-state index is 13.2. The SMILES string of the molecule is Fc1cccc(OCc2ccncc2)c1Br. The van der Waals surface area contributed by atoms with Crippen molar-refractivity contribution >= 4 is 15.9 Å². The lowest BCUT2D eigenvalue weighted by Gasteiger charge is -2.08. The number of hydrogen-bond donors (Lipinski definition) is 0. The van der Waals surface area contributed by atoms with Crippen LogP contribution in [0.5, 0.6) is 5.75 Å². The van der Waals surface area contributed by atoms with Crippen molar-refractivity contribution in [1.29, 1.82) is 0 Å². The smallest absolute Gasteiger partial charge is 0.141 e. The Bertz CT molecular complexity index is 476. The summed E-state index contributed by atoms with van der Waals surface area (Å²) in [5.41, 5.74) is 0.992. The lowest BCUT2D eigenvalue weighted by molar-refractivity contribution is 0.302. The fourth-order valence-corrected chi connectivity index (χ4v) is 1.61. The van der Waals surface area contributed by atoms with Gasteiger partial charge in [-0.1, -0.05) is 6.07 Å². The van der Waals surface area contributed by atoms with Gasteiger partial charge in [-0.15, -0.1) is 0 Å². The molecule has 0 radical (unpaired) electrons. The molecule has 0 atom stereocenters. The van der Waals surface area contributed by atoms with Gasteiger partial charge in [0.05, 0.1) is 4.47 Å². The Morgan fingerprint density at radius 2 is 1.94 bits per heavy atom. The molecule has 1 aromatic carbocycles. The highest BCUT2D eigenvalue weighted by Crippen LogP contribution is 2.27. The van der Waals surface area contributed by atoms with Crippen molar-refractivity contribution in [3.8, 4) is 5.75 Å². The Hall–Kier alpha value is -1.42. The summed E-state index contributed by atoms with van der Waals surface area (Å²) in [4.78, 5) is 3.91. The molecule has 0 aliphatic carbocycles. The number of benzene rings is 1. The molecular weight excluding hydrogens is 273 g/mol. The molecular formula is C12H9BrFNO. The molecule has 0 saturated carbocycles. The first kappa shape index (κ1) is 11.1. The van der Waals surface area contributed by atoms with E-state index in [1.165, 1.54) is 6.07 Å². The summed E-state index contributed by atoms with van der Waals surface area (Å²) < 4.78 is 19.0. The molecule has 0 aliphatic heterocycles. The summed E-state index contributed by atoms with van der Waals surface area (Å²) in [5, 5.41) is 0. The van der Waals surface area contributed by atoms with E-state index in [4.69, 9.17) is 4.74 Å². The molecule has 1 aromatic heterocycles. The van der Waals surface area contributed by atoms with E-state index >= 15 is 0 Å². The van der Waals surface area contributed by atoms with E-state index < -0.39 is 0 Å². The molecule has 0 unspecified atom stereocenters. The third kappa shape index (κ3) is 2.58. The monoisotopic (exact) mass is 281 g/mol. The topological polar surface area (TPSA) is 22.1 Å². The van der Waals surface area contributed by atoms with Gasteiger partial charge in [0.1, 0.15) is 18.2 Å². The van der Waals surface area contributed by atoms with Crippen molar-refractivity contribution in [3.05, 3.63) is 58.6 Å². The molecule has 2 nitrogen and oxygen atoms in total. The molecule has 4 heteroatoms. The summed E-state index contributed by atoms with van der Waals surface area (Å²) in [5.74, 6) is 0.170. The molecule has 0 spiro atoms. The van der Waals surface area contributed by atoms with Gasteiger partial charge in [0.25, 0.3) is 0 Å². The quantitative estimate of drug-likeness (QED) is 0.858. The second-order valence-electron chi connectivity index (χ2n) is 3.20. The van der Waals surface area contributed by atoms with Crippen LogP contribution in [0.15, 0.2) is 47.2 Å². The average Bonchev–Trinajstić information content (AvgIpc) is 2.32. The number of ether oxygens (including phenoxy) is 1. The van der Waals surface area contributed by atoms with Gasteiger partial charge < -0.3 is 4.74 Å². The van der Waals surface area contributed by atoms with E-state index in [1.807, 2.05) is 12.1 Å². The Morgan fingerprint density at radius 3 is 2.69 bits per heavy atom. The molecule has 0 fully saturated rings. The fourth-order valence-electron chi connectivity index (χ4n) is 1.24. The van der Waals surface area contributed by atoms with Crippen LogP contribution in [0.1, 0.15) is 5.56 Å². The lowest BCUT2D eigenvalue weighted by Crippen LogP contribution is -1.96. The first-order chi connectivity index (χ1) is 7.77. The van der Waals surface area contributed by atoms with Gasteiger partial charge >= 0.3 is 0 Å². The van der Waals surface area contributed by atoms with Gasteiger partial charge in [0.2, 0.25) is 0 Å². The van der Waals surface area contributed by atoms with Crippen LogP contribution >= 0.6 is 15.9 Å². The van der Waals surface area contributed by atoms with E-state index in [0.29, 0.717) is 16.8 Å². The second kappa shape index (κ2) is 5.07. The Kier molecular flexibility index (Phi) is 3.51. The third-order valence-electron chi connectivity index (χ3n) is 2.06. The van der Waals surface area contributed by atoms with E-state index in [-0.39, 0.29) is 5.82 Å². The van der Waals surface area contributed by atoms with Crippen molar-refractivity contribution in [3.63, 3.8) is 0 Å². The Balaban J connectivity index is 2.08. The summed E-state index contributed by atoms with van der Waals surface area (Å²) >= 11 is 3.14. The molecule has 82 valence electrons. The Morgan fingerprint density at radius 1 is 1.19 bits per heavy atom. The fraction of sp³-hybridized carbons (Fsp3) is 0.0833. The van der Waals surface area contributed by atoms with Crippen molar-refractivity contribution in [1.82, 2.24) is 4.98 Å². The van der Waals surface area contributed by atoms with Crippen molar-refractivity contribution in [2.75, 3.05) is 0 Å². The number of rotatable bonds is 3. The average molecular weight is 282 g/mol. The van der Waals surface area contributed by atoms with Crippen LogP contribution in [0.3, 0.4) is 0 Å². The molecule has 2 rings (SSSR count). The van der Waals surface area contributed by atoms with Gasteiger partial charge in [-0.2, -0.15) is 0 Å². The zero-order valence-electron chi connectivity index (χ0n) is 8.36. The van der Waals surface area contributed by atoms with Crippen LogP contribution in [0, 0.1) is 5.82 Å². The minimum absolute atomic E-state index is 0.327. The number of nitrogens with zero attached hydrogens (tertiary/aromatic N) is 1. The van der Waals surface area contributed by atoms with Gasteiger partial charge in [-0.05, 0) is 45.8 Å². The van der Waals surface area contributed by atoms with Crippen molar-refractivity contribution in [2.45, 2.75) is 6.61 Å². The van der Waals surface area contributed by atoms with Crippen LogP contribution in [0.4, 0.5) is 4.39 Å².